The Morgan fingerprint density at radius 1 is 1.09 bits per heavy atom. The summed E-state index contributed by atoms with van der Waals surface area (Å²) >= 11 is 5.96. The second-order valence-electron chi connectivity index (χ2n) is 11.2. The molecule has 1 aromatic rings. The van der Waals surface area contributed by atoms with E-state index in [1.807, 2.05) is 4.90 Å². The van der Waals surface area contributed by atoms with Crippen LogP contribution < -0.4 is 0 Å². The number of amides is 2. The first-order valence-corrected chi connectivity index (χ1v) is 13.9. The zero-order chi connectivity index (χ0) is 25.0. The van der Waals surface area contributed by atoms with Crippen molar-refractivity contribution in [2.45, 2.75) is 59.3 Å². The summed E-state index contributed by atoms with van der Waals surface area (Å²) in [6.45, 7) is 12.5. The van der Waals surface area contributed by atoms with Crippen molar-refractivity contribution in [2.24, 2.45) is 17.3 Å². The minimum atomic E-state index is 0.0692. The van der Waals surface area contributed by atoms with Crippen molar-refractivity contribution >= 4 is 23.4 Å². The maximum Gasteiger partial charge on any atom is 0.253 e. The second kappa shape index (κ2) is 11.5. The lowest BCUT2D eigenvalue weighted by Gasteiger charge is -2.57. The minimum absolute atomic E-state index is 0.0692. The normalized spacial score (nSPS) is 23.4. The number of nitrogens with zero attached hydrogens (tertiary/aromatic N) is 3. The Balaban J connectivity index is 1.30. The summed E-state index contributed by atoms with van der Waals surface area (Å²) in [4.78, 5) is 32.4. The molecular weight excluding hydrogens is 458 g/mol. The van der Waals surface area contributed by atoms with Gasteiger partial charge in [0.1, 0.15) is 0 Å². The monoisotopic (exact) mass is 499 g/mol. The zero-order valence-electron chi connectivity index (χ0n) is 21.8. The minimum Gasteiger partial charge on any atom is -0.337 e. The third-order valence-corrected chi connectivity index (χ3v) is 8.99. The lowest BCUT2D eigenvalue weighted by atomic mass is 9.49. The number of carbonyl (C=O) groups excluding carboxylic acids is 2. The molecule has 35 heavy (non-hydrogen) atoms. The number of hydrogen-bond donors (Lipinski definition) is 0. The van der Waals surface area contributed by atoms with Crippen LogP contribution in [0.15, 0.2) is 35.9 Å². The van der Waals surface area contributed by atoms with Gasteiger partial charge in [-0.1, -0.05) is 56.9 Å². The Morgan fingerprint density at radius 2 is 1.80 bits per heavy atom. The molecule has 3 aliphatic carbocycles. The Morgan fingerprint density at radius 3 is 2.43 bits per heavy atom. The van der Waals surface area contributed by atoms with Crippen LogP contribution in [0.1, 0.15) is 69.7 Å². The molecule has 192 valence electrons. The summed E-state index contributed by atoms with van der Waals surface area (Å²) in [6, 6.07) is 7.13. The van der Waals surface area contributed by atoms with Gasteiger partial charge in [-0.3, -0.25) is 14.5 Å². The number of carbonyl (C=O) groups is 2. The molecule has 0 radical (unpaired) electrons. The van der Waals surface area contributed by atoms with Crippen molar-refractivity contribution in [1.82, 2.24) is 14.7 Å². The molecule has 1 heterocycles. The quantitative estimate of drug-likeness (QED) is 0.315. The fraction of sp³-hybridized carbons (Fsp3) is 0.655. The van der Waals surface area contributed by atoms with Gasteiger partial charge < -0.3 is 9.80 Å². The predicted molar refractivity (Wildman–Crippen MR) is 143 cm³/mol. The van der Waals surface area contributed by atoms with Gasteiger partial charge in [-0.05, 0) is 60.8 Å². The van der Waals surface area contributed by atoms with Gasteiger partial charge in [-0.2, -0.15) is 0 Å². The molecule has 2 unspecified atom stereocenters. The molecule has 4 aliphatic rings. The van der Waals surface area contributed by atoms with Gasteiger partial charge in [0.15, 0.2) is 0 Å². The Bertz CT molecular complexity index is 918. The molecule has 1 saturated carbocycles. The van der Waals surface area contributed by atoms with Gasteiger partial charge in [0.2, 0.25) is 5.91 Å². The first-order valence-electron chi connectivity index (χ1n) is 13.5. The summed E-state index contributed by atoms with van der Waals surface area (Å²) < 4.78 is 0. The van der Waals surface area contributed by atoms with Gasteiger partial charge in [0.05, 0.1) is 0 Å². The summed E-state index contributed by atoms with van der Waals surface area (Å²) in [5.41, 5.74) is 2.56. The van der Waals surface area contributed by atoms with E-state index in [1.165, 1.54) is 18.4 Å². The maximum absolute atomic E-state index is 13.2. The van der Waals surface area contributed by atoms with Crippen molar-refractivity contribution in [1.29, 1.82) is 0 Å². The number of unbranched alkanes of at least 4 members (excludes halogenated alkanes) is 2. The topological polar surface area (TPSA) is 43.9 Å². The van der Waals surface area contributed by atoms with Crippen molar-refractivity contribution < 1.29 is 9.59 Å². The van der Waals surface area contributed by atoms with Crippen LogP contribution in [0.5, 0.6) is 0 Å². The third-order valence-electron chi connectivity index (χ3n) is 8.74. The molecular formula is C29H42ClN3O2. The molecule has 2 amide bonds. The van der Waals surface area contributed by atoms with E-state index in [2.05, 4.69) is 36.6 Å². The van der Waals surface area contributed by atoms with E-state index in [9.17, 15) is 9.59 Å². The van der Waals surface area contributed by atoms with Crippen LogP contribution in [0, 0.1) is 17.3 Å². The number of fused-ring (bicyclic) bond motifs is 1. The fourth-order valence-corrected chi connectivity index (χ4v) is 6.19. The largest absolute Gasteiger partial charge is 0.337 e. The van der Waals surface area contributed by atoms with Gasteiger partial charge in [0, 0.05) is 62.8 Å². The zero-order valence-corrected chi connectivity index (χ0v) is 22.5. The third kappa shape index (κ3) is 6.11. The number of piperazine rings is 1. The van der Waals surface area contributed by atoms with Gasteiger partial charge in [0.25, 0.3) is 5.91 Å². The summed E-state index contributed by atoms with van der Waals surface area (Å²) in [5.74, 6) is 1.82. The summed E-state index contributed by atoms with van der Waals surface area (Å²) in [5, 5.41) is 0.643. The van der Waals surface area contributed by atoms with Crippen molar-refractivity contribution in [2.75, 3.05) is 45.8 Å². The molecule has 1 aliphatic heterocycles. The molecule has 6 heteroatoms. The van der Waals surface area contributed by atoms with Gasteiger partial charge in [-0.25, -0.2) is 0 Å². The molecule has 1 saturated heterocycles. The van der Waals surface area contributed by atoms with E-state index < -0.39 is 0 Å². The average Bonchev–Trinajstić information content (AvgIpc) is 2.87. The van der Waals surface area contributed by atoms with Crippen LogP contribution >= 0.6 is 11.6 Å². The van der Waals surface area contributed by atoms with E-state index in [-0.39, 0.29) is 5.91 Å². The van der Waals surface area contributed by atoms with E-state index in [0.29, 0.717) is 47.3 Å². The second-order valence-corrected chi connectivity index (χ2v) is 11.7. The summed E-state index contributed by atoms with van der Waals surface area (Å²) in [6.07, 6.45) is 8.77. The van der Waals surface area contributed by atoms with E-state index in [4.69, 9.17) is 11.6 Å². The van der Waals surface area contributed by atoms with Crippen molar-refractivity contribution in [3.8, 4) is 0 Å². The number of rotatable bonds is 10. The van der Waals surface area contributed by atoms with Crippen LogP contribution in [0.4, 0.5) is 0 Å². The predicted octanol–water partition coefficient (Wildman–Crippen LogP) is 5.50. The lowest BCUT2D eigenvalue weighted by Crippen LogP contribution is -2.52. The highest BCUT2D eigenvalue weighted by molar-refractivity contribution is 6.30. The molecule has 0 N–H and O–H groups in total. The number of halogens is 1. The molecule has 2 atom stereocenters. The molecule has 2 bridgehead atoms. The fourth-order valence-electron chi connectivity index (χ4n) is 6.06. The van der Waals surface area contributed by atoms with E-state index >= 15 is 0 Å². The Kier molecular flexibility index (Phi) is 8.59. The van der Waals surface area contributed by atoms with Crippen molar-refractivity contribution in [3.63, 3.8) is 0 Å². The van der Waals surface area contributed by atoms with Crippen LogP contribution in [0.2, 0.25) is 5.02 Å². The molecule has 5 nitrogen and oxygen atoms in total. The van der Waals surface area contributed by atoms with Crippen LogP contribution in [0.3, 0.4) is 0 Å². The highest BCUT2D eigenvalue weighted by Gasteiger charge is 2.51. The number of benzene rings is 1. The summed E-state index contributed by atoms with van der Waals surface area (Å²) in [7, 11) is 0. The van der Waals surface area contributed by atoms with Gasteiger partial charge >= 0.3 is 0 Å². The van der Waals surface area contributed by atoms with Crippen LogP contribution in [-0.4, -0.2) is 72.3 Å². The molecule has 0 aromatic heterocycles. The molecule has 5 rings (SSSR count). The average molecular weight is 500 g/mol. The number of allylic oxidation sites excluding steroid dienone is 1. The lowest BCUT2D eigenvalue weighted by molar-refractivity contribution is -0.131. The SMILES string of the molecule is CCCCCC(=O)N(CCN1CCN(C(=O)c2ccc(Cl)cc2)CC1)CC1=CCC2CC1C2(C)C. The van der Waals surface area contributed by atoms with Crippen LogP contribution in [0.25, 0.3) is 0 Å². The smallest absolute Gasteiger partial charge is 0.253 e. The Labute approximate surface area is 216 Å². The van der Waals surface area contributed by atoms with E-state index in [0.717, 1.165) is 57.9 Å². The maximum atomic E-state index is 13.2. The van der Waals surface area contributed by atoms with Gasteiger partial charge in [-0.15, -0.1) is 0 Å². The molecule has 1 aromatic carbocycles. The Hall–Kier alpha value is -1.85. The van der Waals surface area contributed by atoms with Crippen molar-refractivity contribution in [3.05, 3.63) is 46.5 Å². The first-order chi connectivity index (χ1) is 16.8. The molecule has 2 fully saturated rings. The van der Waals surface area contributed by atoms with Crippen LogP contribution in [-0.2, 0) is 4.79 Å². The highest BCUT2D eigenvalue weighted by Crippen LogP contribution is 2.59. The molecule has 0 spiro atoms. The highest BCUT2D eigenvalue weighted by atomic mass is 35.5. The standard InChI is InChI=1S/C29H42ClN3O2/c1-4-5-6-7-27(34)33(21-23-8-11-24-20-26(23)29(24,2)3)19-16-31-14-17-32(18-15-31)28(35)22-9-12-25(30)13-10-22/h8-10,12-13,24,26H,4-7,11,14-21H2,1-3H3. The van der Waals surface area contributed by atoms with E-state index in [1.54, 1.807) is 24.3 Å². The first kappa shape index (κ1) is 26.2. The number of hydrogen-bond acceptors (Lipinski definition) is 3.